The van der Waals surface area contributed by atoms with Gasteiger partial charge in [0.15, 0.2) is 0 Å². The van der Waals surface area contributed by atoms with Gasteiger partial charge in [-0.3, -0.25) is 9.59 Å². The zero-order chi connectivity index (χ0) is 25.0. The number of carbonyl (C=O) groups is 2. The van der Waals surface area contributed by atoms with Crippen LogP contribution in [0.4, 0.5) is 0 Å². The topological polar surface area (TPSA) is 46.6 Å². The fourth-order valence-corrected chi connectivity index (χ4v) is 9.63. The van der Waals surface area contributed by atoms with Crippen LogP contribution in [0, 0.1) is 39.9 Å². The molecule has 0 amide bonds. The van der Waals surface area contributed by atoms with Crippen molar-refractivity contribution in [2.45, 2.75) is 111 Å². The number of piperidine rings is 1. The average molecular weight is 484 g/mol. The van der Waals surface area contributed by atoms with Crippen molar-refractivity contribution in [1.29, 1.82) is 0 Å². The van der Waals surface area contributed by atoms with Crippen LogP contribution in [0.2, 0.25) is 0 Å². The molecule has 4 heteroatoms. The van der Waals surface area contributed by atoms with Crippen molar-refractivity contribution in [1.82, 2.24) is 4.90 Å². The van der Waals surface area contributed by atoms with Gasteiger partial charge in [-0.05, 0) is 105 Å². The van der Waals surface area contributed by atoms with E-state index in [2.05, 4.69) is 38.7 Å². The van der Waals surface area contributed by atoms with Gasteiger partial charge in [-0.2, -0.15) is 0 Å². The third-order valence-electron chi connectivity index (χ3n) is 11.5. The SMILES string of the molecule is CC(=O)[C@@H]1CC[C@@H]2[C@H]3CC=C4C[C@H](OC(=O)CCN5CCCC(C)(C)C5)CC[C@]4(C)[C@@H]3CC[C@@]21C. The van der Waals surface area contributed by atoms with E-state index in [9.17, 15) is 9.59 Å². The van der Waals surface area contributed by atoms with E-state index in [-0.39, 0.29) is 28.8 Å². The molecule has 7 atom stereocenters. The van der Waals surface area contributed by atoms with E-state index in [1.165, 1.54) is 32.1 Å². The summed E-state index contributed by atoms with van der Waals surface area (Å²) in [6.07, 6.45) is 14.6. The number of esters is 1. The lowest BCUT2D eigenvalue weighted by Gasteiger charge is -2.58. The van der Waals surface area contributed by atoms with Crippen molar-refractivity contribution in [2.24, 2.45) is 39.9 Å². The fraction of sp³-hybridized carbons (Fsp3) is 0.871. The molecule has 0 aromatic carbocycles. The summed E-state index contributed by atoms with van der Waals surface area (Å²) in [5.74, 6) is 2.83. The molecule has 1 saturated heterocycles. The van der Waals surface area contributed by atoms with Gasteiger partial charge in [0.25, 0.3) is 0 Å². The normalized spacial score (nSPS) is 42.9. The summed E-state index contributed by atoms with van der Waals surface area (Å²) in [5, 5.41) is 0. The smallest absolute Gasteiger partial charge is 0.307 e. The molecule has 0 aromatic heterocycles. The highest BCUT2D eigenvalue weighted by Crippen LogP contribution is 2.66. The molecule has 0 bridgehead atoms. The minimum absolute atomic E-state index is 0.00840. The molecule has 0 radical (unpaired) electrons. The summed E-state index contributed by atoms with van der Waals surface area (Å²) in [4.78, 5) is 27.6. The van der Waals surface area contributed by atoms with Crippen molar-refractivity contribution in [3.05, 3.63) is 11.6 Å². The van der Waals surface area contributed by atoms with Gasteiger partial charge in [0.05, 0.1) is 6.42 Å². The van der Waals surface area contributed by atoms with Crippen LogP contribution in [0.25, 0.3) is 0 Å². The molecular formula is C31H49NO3. The number of Topliss-reactive ketones (excluding diaryl/α,β-unsaturated/α-hetero) is 1. The number of nitrogens with zero attached hydrogens (tertiary/aromatic N) is 1. The number of ether oxygens (including phenoxy) is 1. The Morgan fingerprint density at radius 3 is 2.57 bits per heavy atom. The largest absolute Gasteiger partial charge is 0.462 e. The second-order valence-corrected chi connectivity index (χ2v) is 14.2. The van der Waals surface area contributed by atoms with Gasteiger partial charge >= 0.3 is 5.97 Å². The summed E-state index contributed by atoms with van der Waals surface area (Å²) >= 11 is 0. The first-order chi connectivity index (χ1) is 16.5. The van der Waals surface area contributed by atoms with Crippen LogP contribution >= 0.6 is 0 Å². The van der Waals surface area contributed by atoms with Gasteiger partial charge in [-0.15, -0.1) is 0 Å². The second kappa shape index (κ2) is 9.30. The number of rotatable bonds is 5. The zero-order valence-electron chi connectivity index (χ0n) is 23.0. The Morgan fingerprint density at radius 2 is 1.83 bits per heavy atom. The molecule has 0 N–H and O–H groups in total. The molecule has 0 spiro atoms. The van der Waals surface area contributed by atoms with Gasteiger partial charge in [0, 0.05) is 25.4 Å². The van der Waals surface area contributed by atoms with E-state index >= 15 is 0 Å². The van der Waals surface area contributed by atoms with Crippen LogP contribution in [-0.2, 0) is 14.3 Å². The highest BCUT2D eigenvalue weighted by atomic mass is 16.5. The standard InChI is InChI=1S/C31H49NO3/c1-21(33)25-9-10-26-24-8-7-22-19-23(11-15-30(22,4)27(24)12-16-31(25,26)5)35-28(34)13-18-32-17-6-14-29(2,3)20-32/h7,23-27H,6,8-20H2,1-5H3/t23-,24-,25+,26-,27-,30+,31-/m1/s1. The number of likely N-dealkylation sites (tertiary alicyclic amines) is 1. The Labute approximate surface area is 213 Å². The molecule has 4 fully saturated rings. The predicted octanol–water partition coefficient (Wildman–Crippen LogP) is 6.58. The van der Waals surface area contributed by atoms with Gasteiger partial charge in [0.1, 0.15) is 11.9 Å². The molecule has 1 heterocycles. The molecule has 1 aliphatic heterocycles. The van der Waals surface area contributed by atoms with E-state index in [1.54, 1.807) is 5.57 Å². The van der Waals surface area contributed by atoms with Gasteiger partial charge in [-0.1, -0.05) is 39.3 Å². The van der Waals surface area contributed by atoms with Crippen LogP contribution in [0.15, 0.2) is 11.6 Å². The van der Waals surface area contributed by atoms with E-state index in [0.717, 1.165) is 63.6 Å². The van der Waals surface area contributed by atoms with Crippen molar-refractivity contribution in [3.63, 3.8) is 0 Å². The fourth-order valence-electron chi connectivity index (χ4n) is 9.63. The first kappa shape index (κ1) is 25.5. The van der Waals surface area contributed by atoms with Gasteiger partial charge in [0.2, 0.25) is 0 Å². The molecule has 196 valence electrons. The number of hydrogen-bond donors (Lipinski definition) is 0. The Kier molecular flexibility index (Phi) is 6.77. The molecule has 0 unspecified atom stereocenters. The molecule has 5 aliphatic rings. The zero-order valence-corrected chi connectivity index (χ0v) is 23.0. The maximum atomic E-state index is 12.7. The number of allylic oxidation sites excluding steroid dienone is 1. The summed E-state index contributed by atoms with van der Waals surface area (Å²) in [5.41, 5.74) is 2.39. The minimum Gasteiger partial charge on any atom is -0.462 e. The lowest BCUT2D eigenvalue weighted by molar-refractivity contribution is -0.152. The summed E-state index contributed by atoms with van der Waals surface area (Å²) < 4.78 is 6.05. The Morgan fingerprint density at radius 1 is 1.03 bits per heavy atom. The molecule has 0 aromatic rings. The highest BCUT2D eigenvalue weighted by Gasteiger charge is 2.59. The lowest BCUT2D eigenvalue weighted by Crippen LogP contribution is -2.51. The molecular weight excluding hydrogens is 434 g/mol. The molecule has 3 saturated carbocycles. The number of ketones is 1. The van der Waals surface area contributed by atoms with E-state index in [1.807, 2.05) is 6.92 Å². The lowest BCUT2D eigenvalue weighted by atomic mass is 9.47. The van der Waals surface area contributed by atoms with Crippen molar-refractivity contribution in [2.75, 3.05) is 19.6 Å². The van der Waals surface area contributed by atoms with Crippen LogP contribution in [0.1, 0.15) is 105 Å². The Bertz CT molecular complexity index is 876. The number of carbonyl (C=O) groups excluding carboxylic acids is 2. The van der Waals surface area contributed by atoms with Gasteiger partial charge in [-0.25, -0.2) is 0 Å². The Balaban J connectivity index is 1.19. The monoisotopic (exact) mass is 483 g/mol. The molecule has 4 nitrogen and oxygen atoms in total. The summed E-state index contributed by atoms with van der Waals surface area (Å²) in [7, 11) is 0. The minimum atomic E-state index is -0.00840. The first-order valence-corrected chi connectivity index (χ1v) is 14.6. The highest BCUT2D eigenvalue weighted by molar-refractivity contribution is 5.79. The number of hydrogen-bond acceptors (Lipinski definition) is 4. The first-order valence-electron chi connectivity index (χ1n) is 14.6. The van der Waals surface area contributed by atoms with E-state index < -0.39 is 0 Å². The third kappa shape index (κ3) is 4.66. The maximum Gasteiger partial charge on any atom is 0.307 e. The van der Waals surface area contributed by atoms with Crippen LogP contribution < -0.4 is 0 Å². The van der Waals surface area contributed by atoms with Crippen LogP contribution in [0.5, 0.6) is 0 Å². The second-order valence-electron chi connectivity index (χ2n) is 14.2. The number of fused-ring (bicyclic) bond motifs is 5. The van der Waals surface area contributed by atoms with Crippen LogP contribution in [0.3, 0.4) is 0 Å². The van der Waals surface area contributed by atoms with Crippen LogP contribution in [-0.4, -0.2) is 42.4 Å². The molecule has 35 heavy (non-hydrogen) atoms. The Hall–Kier alpha value is -1.16. The van der Waals surface area contributed by atoms with Crippen molar-refractivity contribution in [3.8, 4) is 0 Å². The average Bonchev–Trinajstić information content (AvgIpc) is 3.15. The molecule has 4 aliphatic carbocycles. The predicted molar refractivity (Wildman–Crippen MR) is 140 cm³/mol. The summed E-state index contributed by atoms with van der Waals surface area (Å²) in [6, 6.07) is 0. The van der Waals surface area contributed by atoms with E-state index in [0.29, 0.717) is 23.5 Å². The van der Waals surface area contributed by atoms with E-state index in [4.69, 9.17) is 4.74 Å². The quantitative estimate of drug-likeness (QED) is 0.327. The maximum absolute atomic E-state index is 12.7. The molecule has 5 rings (SSSR count). The third-order valence-corrected chi connectivity index (χ3v) is 11.5. The van der Waals surface area contributed by atoms with Gasteiger partial charge < -0.3 is 9.64 Å². The van der Waals surface area contributed by atoms with Crippen molar-refractivity contribution >= 4 is 11.8 Å². The summed E-state index contributed by atoms with van der Waals surface area (Å²) in [6.45, 7) is 14.5. The van der Waals surface area contributed by atoms with Crippen molar-refractivity contribution < 1.29 is 14.3 Å².